The number of amides is 1. The monoisotopic (exact) mass is 333 g/mol. The summed E-state index contributed by atoms with van der Waals surface area (Å²) in [7, 11) is 2.99. The van der Waals surface area contributed by atoms with E-state index < -0.39 is 17.3 Å². The van der Waals surface area contributed by atoms with E-state index in [2.05, 4.69) is 10.3 Å². The van der Waals surface area contributed by atoms with Gasteiger partial charge in [-0.25, -0.2) is 9.78 Å². The topological polar surface area (TPSA) is 90.9 Å². The van der Waals surface area contributed by atoms with Crippen LogP contribution >= 0.6 is 0 Å². The van der Waals surface area contributed by atoms with Crippen molar-refractivity contribution < 1.29 is 4.79 Å². The molecule has 1 amide bonds. The van der Waals surface area contributed by atoms with E-state index in [9.17, 15) is 14.4 Å². The molecule has 1 aliphatic rings. The van der Waals surface area contributed by atoms with E-state index in [4.69, 9.17) is 0 Å². The van der Waals surface area contributed by atoms with Crippen LogP contribution in [-0.4, -0.2) is 30.6 Å². The third-order valence-corrected chi connectivity index (χ3v) is 4.92. The molecule has 0 radical (unpaired) electrons. The van der Waals surface area contributed by atoms with Crippen LogP contribution in [0.25, 0.3) is 11.2 Å². The minimum atomic E-state index is -0.567. The molecule has 1 N–H and O–H groups in total. The lowest BCUT2D eigenvalue weighted by Gasteiger charge is -2.25. The highest BCUT2D eigenvalue weighted by Gasteiger charge is 2.24. The van der Waals surface area contributed by atoms with Crippen molar-refractivity contribution in [3.63, 3.8) is 0 Å². The molecule has 0 aliphatic heterocycles. The van der Waals surface area contributed by atoms with Gasteiger partial charge < -0.3 is 9.88 Å². The molecule has 1 aliphatic carbocycles. The lowest BCUT2D eigenvalue weighted by molar-refractivity contribution is -0.124. The summed E-state index contributed by atoms with van der Waals surface area (Å²) in [5.74, 6) is -0.128. The van der Waals surface area contributed by atoms with Crippen LogP contribution in [0.4, 0.5) is 0 Å². The predicted octanol–water partition coefficient (Wildman–Crippen LogP) is 0.444. The Morgan fingerprint density at radius 1 is 1.21 bits per heavy atom. The number of aromatic nitrogens is 4. The van der Waals surface area contributed by atoms with Crippen LogP contribution in [-0.2, 0) is 18.9 Å². The molecule has 2 aromatic rings. The summed E-state index contributed by atoms with van der Waals surface area (Å²) in [6.07, 6.45) is 6.94. The zero-order valence-corrected chi connectivity index (χ0v) is 14.3. The van der Waals surface area contributed by atoms with Crippen molar-refractivity contribution in [3.05, 3.63) is 27.2 Å². The number of nitrogens with one attached hydrogen (secondary N) is 1. The summed E-state index contributed by atoms with van der Waals surface area (Å²) in [4.78, 5) is 41.2. The fourth-order valence-corrected chi connectivity index (χ4v) is 3.35. The maximum atomic E-state index is 12.6. The second-order valence-corrected chi connectivity index (χ2v) is 6.55. The minimum absolute atomic E-state index is 0.128. The quantitative estimate of drug-likeness (QED) is 0.882. The molecule has 2 aromatic heterocycles. The summed E-state index contributed by atoms with van der Waals surface area (Å²) >= 11 is 0. The number of imidazole rings is 1. The molecule has 1 fully saturated rings. The Hall–Kier alpha value is -2.38. The van der Waals surface area contributed by atoms with Crippen molar-refractivity contribution in [2.45, 2.75) is 51.1 Å². The Morgan fingerprint density at radius 2 is 1.88 bits per heavy atom. The maximum Gasteiger partial charge on any atom is 0.332 e. The number of hydrogen-bond donors (Lipinski definition) is 1. The molecule has 130 valence electrons. The predicted molar refractivity (Wildman–Crippen MR) is 89.9 cm³/mol. The van der Waals surface area contributed by atoms with E-state index in [1.54, 1.807) is 18.5 Å². The molecule has 0 bridgehead atoms. The first kappa shape index (κ1) is 16.5. The lowest BCUT2D eigenvalue weighted by atomic mass is 9.95. The normalized spacial score (nSPS) is 17.1. The van der Waals surface area contributed by atoms with Gasteiger partial charge in [0.2, 0.25) is 5.91 Å². The highest BCUT2D eigenvalue weighted by atomic mass is 16.2. The summed E-state index contributed by atoms with van der Waals surface area (Å²) in [6, 6.07) is -0.363. The Kier molecular flexibility index (Phi) is 4.29. The van der Waals surface area contributed by atoms with Crippen LogP contribution in [0.2, 0.25) is 0 Å². The molecular weight excluding hydrogens is 310 g/mol. The van der Waals surface area contributed by atoms with Crippen molar-refractivity contribution >= 4 is 17.1 Å². The number of carbonyl (C=O) groups excluding carboxylic acids is 1. The second-order valence-electron chi connectivity index (χ2n) is 6.55. The lowest BCUT2D eigenvalue weighted by Crippen LogP contribution is -2.41. The molecule has 3 rings (SSSR count). The van der Waals surface area contributed by atoms with Gasteiger partial charge in [0.25, 0.3) is 5.56 Å². The molecule has 24 heavy (non-hydrogen) atoms. The van der Waals surface area contributed by atoms with Gasteiger partial charge in [0.05, 0.1) is 6.33 Å². The number of fused-ring (bicyclic) bond motifs is 1. The highest BCUT2D eigenvalue weighted by Crippen LogP contribution is 2.19. The third-order valence-electron chi connectivity index (χ3n) is 4.92. The molecule has 8 nitrogen and oxygen atoms in total. The Morgan fingerprint density at radius 3 is 2.54 bits per heavy atom. The zero-order chi connectivity index (χ0) is 17.4. The van der Waals surface area contributed by atoms with Crippen LogP contribution in [0.15, 0.2) is 15.9 Å². The first-order chi connectivity index (χ1) is 11.4. The number of rotatable bonds is 3. The van der Waals surface area contributed by atoms with Crippen LogP contribution in [0.1, 0.15) is 45.1 Å². The minimum Gasteiger partial charge on any atom is -0.352 e. The number of hydrogen-bond acceptors (Lipinski definition) is 4. The largest absolute Gasteiger partial charge is 0.352 e. The van der Waals surface area contributed by atoms with Crippen molar-refractivity contribution in [2.24, 2.45) is 14.1 Å². The summed E-state index contributed by atoms with van der Waals surface area (Å²) < 4.78 is 3.90. The van der Waals surface area contributed by atoms with Crippen LogP contribution in [0, 0.1) is 0 Å². The van der Waals surface area contributed by atoms with Crippen molar-refractivity contribution in [1.29, 1.82) is 0 Å². The van der Waals surface area contributed by atoms with Crippen LogP contribution < -0.4 is 16.6 Å². The van der Waals surface area contributed by atoms with Gasteiger partial charge >= 0.3 is 5.69 Å². The summed E-state index contributed by atoms with van der Waals surface area (Å²) in [6.45, 7) is 1.74. The van der Waals surface area contributed by atoms with Gasteiger partial charge in [-0.05, 0) is 19.8 Å². The van der Waals surface area contributed by atoms with Crippen LogP contribution in [0.3, 0.4) is 0 Å². The Labute approximate surface area is 139 Å². The number of carbonyl (C=O) groups is 1. The molecule has 8 heteroatoms. The molecular formula is C16H23N5O3. The third kappa shape index (κ3) is 2.65. The van der Waals surface area contributed by atoms with E-state index in [1.807, 2.05) is 0 Å². The van der Waals surface area contributed by atoms with Gasteiger partial charge in [0, 0.05) is 20.1 Å². The first-order valence-corrected chi connectivity index (χ1v) is 8.34. The number of aryl methyl sites for hydroxylation is 1. The highest BCUT2D eigenvalue weighted by molar-refractivity contribution is 5.82. The molecule has 0 spiro atoms. The van der Waals surface area contributed by atoms with Crippen molar-refractivity contribution in [3.8, 4) is 0 Å². The zero-order valence-electron chi connectivity index (χ0n) is 14.3. The average molecular weight is 333 g/mol. The van der Waals surface area contributed by atoms with E-state index in [1.165, 1.54) is 24.4 Å². The van der Waals surface area contributed by atoms with Crippen molar-refractivity contribution in [1.82, 2.24) is 24.0 Å². The molecule has 2 heterocycles. The van der Waals surface area contributed by atoms with E-state index in [0.717, 1.165) is 30.3 Å². The van der Waals surface area contributed by atoms with Crippen LogP contribution in [0.5, 0.6) is 0 Å². The maximum absolute atomic E-state index is 12.6. The van der Waals surface area contributed by atoms with Gasteiger partial charge in [0.15, 0.2) is 11.2 Å². The molecule has 1 unspecified atom stereocenters. The summed E-state index contributed by atoms with van der Waals surface area (Å²) in [5.41, 5.74) is -0.314. The fraction of sp³-hybridized carbons (Fsp3) is 0.625. The van der Waals surface area contributed by atoms with Crippen molar-refractivity contribution in [2.75, 3.05) is 0 Å². The first-order valence-electron chi connectivity index (χ1n) is 8.34. The summed E-state index contributed by atoms with van der Waals surface area (Å²) in [5, 5.41) is 3.07. The van der Waals surface area contributed by atoms with E-state index >= 15 is 0 Å². The van der Waals surface area contributed by atoms with Gasteiger partial charge in [0.1, 0.15) is 6.04 Å². The smallest absolute Gasteiger partial charge is 0.332 e. The molecule has 0 saturated heterocycles. The molecule has 0 aromatic carbocycles. The van der Waals surface area contributed by atoms with Gasteiger partial charge in [-0.1, -0.05) is 19.3 Å². The van der Waals surface area contributed by atoms with E-state index in [0.29, 0.717) is 5.65 Å². The SMILES string of the molecule is CC(C(=O)NC1CCCCC1)n1cnc2c1c(=O)n(C)c(=O)n2C. The fourth-order valence-electron chi connectivity index (χ4n) is 3.35. The van der Waals surface area contributed by atoms with Gasteiger partial charge in [-0.15, -0.1) is 0 Å². The molecule has 1 atom stereocenters. The standard InChI is InChI=1S/C16H23N5O3/c1-10(14(22)18-11-7-5-4-6-8-11)21-9-17-13-12(21)15(23)20(3)16(24)19(13)2/h9-11H,4-8H2,1-3H3,(H,18,22). The average Bonchev–Trinajstić information content (AvgIpc) is 3.03. The van der Waals surface area contributed by atoms with Gasteiger partial charge in [-0.3, -0.25) is 18.7 Å². The number of nitrogens with zero attached hydrogens (tertiary/aromatic N) is 4. The second kappa shape index (κ2) is 6.26. The Bertz CT molecular complexity index is 885. The Balaban J connectivity index is 1.95. The molecule has 1 saturated carbocycles. The van der Waals surface area contributed by atoms with E-state index in [-0.39, 0.29) is 17.5 Å². The van der Waals surface area contributed by atoms with Gasteiger partial charge in [-0.2, -0.15) is 0 Å².